The summed E-state index contributed by atoms with van der Waals surface area (Å²) in [4.78, 5) is 12.7. The highest BCUT2D eigenvalue weighted by Gasteiger charge is 2.20. The van der Waals surface area contributed by atoms with Gasteiger partial charge in [0.2, 0.25) is 0 Å². The number of halogens is 1. The largest absolute Gasteiger partial charge is 0.356 e. The molecule has 1 atom stereocenters. The first kappa shape index (κ1) is 21.1. The van der Waals surface area contributed by atoms with Crippen LogP contribution in [0.15, 0.2) is 46.9 Å². The minimum Gasteiger partial charge on any atom is -0.356 e. The van der Waals surface area contributed by atoms with E-state index in [-0.39, 0.29) is 24.0 Å². The maximum absolute atomic E-state index is 4.33. The van der Waals surface area contributed by atoms with Crippen molar-refractivity contribution in [2.24, 2.45) is 10.9 Å². The molecular weight excluding hydrogens is 457 g/mol. The van der Waals surface area contributed by atoms with E-state index in [0.29, 0.717) is 12.5 Å². The Morgan fingerprint density at radius 3 is 2.96 bits per heavy atom. The molecule has 3 heterocycles. The predicted octanol–water partition coefficient (Wildman–Crippen LogP) is 3.34. The Balaban J connectivity index is 0.00000243. The van der Waals surface area contributed by atoms with Gasteiger partial charge in [0, 0.05) is 37.8 Å². The van der Waals surface area contributed by atoms with Gasteiger partial charge in [0.05, 0.1) is 12.2 Å². The monoisotopic (exact) mass is 485 g/mol. The Morgan fingerprint density at radius 2 is 2.23 bits per heavy atom. The van der Waals surface area contributed by atoms with Gasteiger partial charge in [-0.25, -0.2) is 0 Å². The number of thiophene rings is 1. The number of pyridine rings is 1. The van der Waals surface area contributed by atoms with Crippen LogP contribution < -0.4 is 10.6 Å². The van der Waals surface area contributed by atoms with E-state index in [1.54, 1.807) is 0 Å². The number of nitrogens with one attached hydrogen (secondary N) is 2. The molecule has 3 rings (SSSR count). The zero-order chi connectivity index (χ0) is 17.3. The summed E-state index contributed by atoms with van der Waals surface area (Å²) in [5.41, 5.74) is 1.02. The molecular formula is C19H28IN5S. The molecule has 5 nitrogen and oxygen atoms in total. The van der Waals surface area contributed by atoms with E-state index < -0.39 is 0 Å². The molecule has 1 aliphatic rings. The zero-order valence-electron chi connectivity index (χ0n) is 15.2. The van der Waals surface area contributed by atoms with E-state index in [4.69, 9.17) is 0 Å². The molecule has 0 aromatic carbocycles. The molecule has 1 unspecified atom stereocenters. The van der Waals surface area contributed by atoms with Crippen LogP contribution in [0, 0.1) is 5.92 Å². The highest BCUT2D eigenvalue weighted by molar-refractivity contribution is 14.0. The van der Waals surface area contributed by atoms with Gasteiger partial charge in [-0.2, -0.15) is 0 Å². The van der Waals surface area contributed by atoms with Crippen LogP contribution in [0.2, 0.25) is 0 Å². The molecule has 26 heavy (non-hydrogen) atoms. The Morgan fingerprint density at radius 1 is 1.31 bits per heavy atom. The van der Waals surface area contributed by atoms with Crippen LogP contribution in [0.3, 0.4) is 0 Å². The molecule has 0 spiro atoms. The third-order valence-corrected chi connectivity index (χ3v) is 5.37. The van der Waals surface area contributed by atoms with E-state index >= 15 is 0 Å². The number of nitrogens with zero attached hydrogens (tertiary/aromatic N) is 3. The van der Waals surface area contributed by atoms with Crippen LogP contribution in [-0.2, 0) is 13.1 Å². The maximum atomic E-state index is 4.33. The number of piperidine rings is 1. The number of rotatable bonds is 6. The van der Waals surface area contributed by atoms with Crippen LogP contribution in [-0.4, -0.2) is 42.5 Å². The Hall–Kier alpha value is -1.19. The number of aromatic nitrogens is 1. The lowest BCUT2D eigenvalue weighted by Crippen LogP contribution is -2.44. The highest BCUT2D eigenvalue weighted by Crippen LogP contribution is 2.19. The first-order valence-corrected chi connectivity index (χ1v) is 9.80. The lowest BCUT2D eigenvalue weighted by Gasteiger charge is -2.32. The van der Waals surface area contributed by atoms with Crippen molar-refractivity contribution < 1.29 is 0 Å². The van der Waals surface area contributed by atoms with Crippen molar-refractivity contribution in [3.8, 4) is 0 Å². The third-order valence-electron chi connectivity index (χ3n) is 4.51. The number of hydrogen-bond donors (Lipinski definition) is 2. The summed E-state index contributed by atoms with van der Waals surface area (Å²) in [5, 5.41) is 8.98. The van der Waals surface area contributed by atoms with Gasteiger partial charge in [-0.05, 0) is 48.9 Å². The second-order valence-electron chi connectivity index (χ2n) is 6.45. The molecule has 0 bridgehead atoms. The normalized spacial score (nSPS) is 18.2. The Labute approximate surface area is 177 Å². The summed E-state index contributed by atoms with van der Waals surface area (Å²) in [6.45, 7) is 5.10. The van der Waals surface area contributed by atoms with Crippen LogP contribution >= 0.6 is 35.3 Å². The molecule has 142 valence electrons. The van der Waals surface area contributed by atoms with Crippen LogP contribution in [0.25, 0.3) is 0 Å². The molecule has 7 heteroatoms. The molecule has 1 saturated heterocycles. The van der Waals surface area contributed by atoms with Crippen molar-refractivity contribution in [1.29, 1.82) is 0 Å². The van der Waals surface area contributed by atoms with Gasteiger partial charge in [0.25, 0.3) is 0 Å². The summed E-state index contributed by atoms with van der Waals surface area (Å²) < 4.78 is 0. The topological polar surface area (TPSA) is 52.6 Å². The van der Waals surface area contributed by atoms with E-state index in [1.165, 1.54) is 24.3 Å². The van der Waals surface area contributed by atoms with E-state index in [1.807, 2.05) is 42.8 Å². The minimum absolute atomic E-state index is 0. The molecule has 2 N–H and O–H groups in total. The molecule has 0 saturated carbocycles. The molecule has 1 fully saturated rings. The van der Waals surface area contributed by atoms with E-state index in [2.05, 4.69) is 43.0 Å². The summed E-state index contributed by atoms with van der Waals surface area (Å²) >= 11 is 1.85. The lowest BCUT2D eigenvalue weighted by molar-refractivity contribution is 0.169. The fraction of sp³-hybridized carbons (Fsp3) is 0.474. The molecule has 2 aromatic rings. The van der Waals surface area contributed by atoms with Gasteiger partial charge in [-0.1, -0.05) is 12.1 Å². The predicted molar refractivity (Wildman–Crippen MR) is 120 cm³/mol. The molecule has 1 aliphatic heterocycles. The SMILES string of the molecule is CN=C(NCc1ccccn1)NCC1CCCN(Cc2cccs2)C1.I. The van der Waals surface area contributed by atoms with Crippen molar-refractivity contribution in [3.05, 3.63) is 52.5 Å². The van der Waals surface area contributed by atoms with Crippen molar-refractivity contribution in [2.75, 3.05) is 26.7 Å². The second-order valence-corrected chi connectivity index (χ2v) is 7.48. The van der Waals surface area contributed by atoms with Gasteiger partial charge in [0.15, 0.2) is 5.96 Å². The van der Waals surface area contributed by atoms with Gasteiger partial charge in [-0.15, -0.1) is 35.3 Å². The summed E-state index contributed by atoms with van der Waals surface area (Å²) in [7, 11) is 1.82. The highest BCUT2D eigenvalue weighted by atomic mass is 127. The summed E-state index contributed by atoms with van der Waals surface area (Å²) in [6.07, 6.45) is 4.38. The Bertz CT molecular complexity index is 647. The van der Waals surface area contributed by atoms with Crippen LogP contribution in [0.1, 0.15) is 23.4 Å². The van der Waals surface area contributed by atoms with Gasteiger partial charge < -0.3 is 10.6 Å². The van der Waals surface area contributed by atoms with Gasteiger partial charge in [0.1, 0.15) is 0 Å². The zero-order valence-corrected chi connectivity index (χ0v) is 18.4. The van der Waals surface area contributed by atoms with Crippen molar-refractivity contribution >= 4 is 41.3 Å². The van der Waals surface area contributed by atoms with Crippen molar-refractivity contribution in [3.63, 3.8) is 0 Å². The Kier molecular flexibility index (Phi) is 9.35. The quantitative estimate of drug-likeness (QED) is 0.375. The van der Waals surface area contributed by atoms with Gasteiger partial charge >= 0.3 is 0 Å². The summed E-state index contributed by atoms with van der Waals surface area (Å²) in [6, 6.07) is 10.3. The number of hydrogen-bond acceptors (Lipinski definition) is 4. The molecule has 0 aliphatic carbocycles. The standard InChI is InChI=1S/C19H27N5S.HI/c1-20-19(23-13-17-7-2-3-9-21-17)22-12-16-6-4-10-24(14-16)15-18-8-5-11-25-18;/h2-3,5,7-9,11,16H,4,6,10,12-15H2,1H3,(H2,20,22,23);1H. The molecule has 0 amide bonds. The number of likely N-dealkylation sites (tertiary alicyclic amines) is 1. The van der Waals surface area contributed by atoms with E-state index in [0.717, 1.165) is 31.3 Å². The smallest absolute Gasteiger partial charge is 0.191 e. The van der Waals surface area contributed by atoms with Gasteiger partial charge in [-0.3, -0.25) is 14.9 Å². The average Bonchev–Trinajstić information content (AvgIpc) is 3.16. The minimum atomic E-state index is 0. The van der Waals surface area contributed by atoms with Crippen molar-refractivity contribution in [1.82, 2.24) is 20.5 Å². The van der Waals surface area contributed by atoms with Crippen molar-refractivity contribution in [2.45, 2.75) is 25.9 Å². The van der Waals surface area contributed by atoms with Crippen LogP contribution in [0.4, 0.5) is 0 Å². The fourth-order valence-corrected chi connectivity index (χ4v) is 3.97. The maximum Gasteiger partial charge on any atom is 0.191 e. The first-order chi connectivity index (χ1) is 12.3. The third kappa shape index (κ3) is 6.85. The number of aliphatic imine (C=N–C) groups is 1. The second kappa shape index (κ2) is 11.5. The number of guanidine groups is 1. The van der Waals surface area contributed by atoms with E-state index in [9.17, 15) is 0 Å². The lowest BCUT2D eigenvalue weighted by atomic mass is 9.98. The first-order valence-electron chi connectivity index (χ1n) is 8.92. The fourth-order valence-electron chi connectivity index (χ4n) is 3.22. The molecule has 2 aromatic heterocycles. The summed E-state index contributed by atoms with van der Waals surface area (Å²) in [5.74, 6) is 1.52. The average molecular weight is 485 g/mol. The molecule has 0 radical (unpaired) electrons. The van der Waals surface area contributed by atoms with Crippen LogP contribution in [0.5, 0.6) is 0 Å².